The number of hydrogen-bond acceptors (Lipinski definition) is 2. The van der Waals surface area contributed by atoms with E-state index in [1.165, 1.54) is 17.1 Å². The fourth-order valence-corrected chi connectivity index (χ4v) is 1.07. The standard InChI is InChI=1S/C8H9F3N2O/c9-8(10,11)2-1-3-13-6-12-4-7(13)5-14/h4-6H,1-3H2. The van der Waals surface area contributed by atoms with Crippen LogP contribution in [0.3, 0.4) is 0 Å². The Labute approximate surface area is 78.6 Å². The van der Waals surface area contributed by atoms with Crippen LogP contribution in [0.15, 0.2) is 12.5 Å². The van der Waals surface area contributed by atoms with Gasteiger partial charge in [-0.3, -0.25) is 4.79 Å². The van der Waals surface area contributed by atoms with Gasteiger partial charge in [0.1, 0.15) is 5.69 Å². The molecule has 0 saturated carbocycles. The van der Waals surface area contributed by atoms with Gasteiger partial charge in [0, 0.05) is 13.0 Å². The smallest absolute Gasteiger partial charge is 0.328 e. The maximum Gasteiger partial charge on any atom is 0.389 e. The lowest BCUT2D eigenvalue weighted by Crippen LogP contribution is -2.09. The summed E-state index contributed by atoms with van der Waals surface area (Å²) < 4.78 is 36.7. The third-order valence-corrected chi connectivity index (χ3v) is 1.72. The van der Waals surface area contributed by atoms with E-state index in [1.54, 1.807) is 0 Å². The van der Waals surface area contributed by atoms with E-state index in [9.17, 15) is 18.0 Å². The number of aldehydes is 1. The Balaban J connectivity index is 2.42. The zero-order chi connectivity index (χ0) is 10.6. The Morgan fingerprint density at radius 2 is 2.21 bits per heavy atom. The fourth-order valence-electron chi connectivity index (χ4n) is 1.07. The molecule has 78 valence electrons. The van der Waals surface area contributed by atoms with E-state index in [-0.39, 0.29) is 13.0 Å². The number of aromatic nitrogens is 2. The van der Waals surface area contributed by atoms with Crippen molar-refractivity contribution in [1.29, 1.82) is 0 Å². The molecular weight excluding hydrogens is 197 g/mol. The highest BCUT2D eigenvalue weighted by Crippen LogP contribution is 2.21. The SMILES string of the molecule is O=Cc1cncn1CCCC(F)(F)F. The van der Waals surface area contributed by atoms with Gasteiger partial charge in [-0.2, -0.15) is 13.2 Å². The van der Waals surface area contributed by atoms with Crippen LogP contribution in [0.1, 0.15) is 23.3 Å². The summed E-state index contributed by atoms with van der Waals surface area (Å²) in [4.78, 5) is 14.0. The molecule has 1 heterocycles. The van der Waals surface area contributed by atoms with Crippen LogP contribution in [0, 0.1) is 0 Å². The lowest BCUT2D eigenvalue weighted by Gasteiger charge is -2.06. The van der Waals surface area contributed by atoms with Crippen LogP contribution in [0.25, 0.3) is 0 Å². The van der Waals surface area contributed by atoms with Crippen LogP contribution in [0.5, 0.6) is 0 Å². The predicted octanol–water partition coefficient (Wildman–Crippen LogP) is 2.04. The first-order valence-corrected chi connectivity index (χ1v) is 4.05. The Kier molecular flexibility index (Phi) is 3.27. The van der Waals surface area contributed by atoms with E-state index in [2.05, 4.69) is 4.98 Å². The third-order valence-electron chi connectivity index (χ3n) is 1.72. The second kappa shape index (κ2) is 4.26. The van der Waals surface area contributed by atoms with Gasteiger partial charge in [-0.15, -0.1) is 0 Å². The van der Waals surface area contributed by atoms with E-state index in [0.29, 0.717) is 12.0 Å². The zero-order valence-electron chi connectivity index (χ0n) is 7.29. The van der Waals surface area contributed by atoms with Crippen molar-refractivity contribution < 1.29 is 18.0 Å². The largest absolute Gasteiger partial charge is 0.389 e. The average Bonchev–Trinajstić information content (AvgIpc) is 2.49. The number of halogens is 3. The second-order valence-corrected chi connectivity index (χ2v) is 2.85. The monoisotopic (exact) mass is 206 g/mol. The van der Waals surface area contributed by atoms with Crippen molar-refractivity contribution in [2.24, 2.45) is 0 Å². The van der Waals surface area contributed by atoms with Gasteiger partial charge >= 0.3 is 6.18 Å². The normalized spacial score (nSPS) is 11.6. The summed E-state index contributed by atoms with van der Waals surface area (Å²) in [7, 11) is 0. The molecule has 3 nitrogen and oxygen atoms in total. The minimum absolute atomic E-state index is 0.0410. The molecule has 0 saturated heterocycles. The van der Waals surface area contributed by atoms with E-state index < -0.39 is 12.6 Å². The van der Waals surface area contributed by atoms with Crippen LogP contribution in [-0.2, 0) is 6.54 Å². The molecule has 0 unspecified atom stereocenters. The molecule has 0 aliphatic rings. The van der Waals surface area contributed by atoms with Crippen molar-refractivity contribution in [2.45, 2.75) is 25.6 Å². The molecule has 0 atom stereocenters. The predicted molar refractivity (Wildman–Crippen MR) is 42.9 cm³/mol. The fraction of sp³-hybridized carbons (Fsp3) is 0.500. The summed E-state index contributed by atoms with van der Waals surface area (Å²) in [5.41, 5.74) is 0.298. The molecule has 1 aromatic heterocycles. The van der Waals surface area contributed by atoms with Gasteiger partial charge in [-0.25, -0.2) is 4.98 Å². The third kappa shape index (κ3) is 3.20. The van der Waals surface area contributed by atoms with E-state index in [1.807, 2.05) is 0 Å². The van der Waals surface area contributed by atoms with Crippen molar-refractivity contribution in [3.05, 3.63) is 18.2 Å². The number of alkyl halides is 3. The molecule has 0 aromatic carbocycles. The van der Waals surface area contributed by atoms with Gasteiger partial charge in [0.2, 0.25) is 0 Å². The number of nitrogens with zero attached hydrogens (tertiary/aromatic N) is 2. The first-order valence-electron chi connectivity index (χ1n) is 4.05. The van der Waals surface area contributed by atoms with E-state index in [4.69, 9.17) is 0 Å². The summed E-state index contributed by atoms with van der Waals surface area (Å²) in [5.74, 6) is 0. The Morgan fingerprint density at radius 3 is 2.79 bits per heavy atom. The molecule has 0 spiro atoms. The molecule has 0 fully saturated rings. The minimum Gasteiger partial charge on any atom is -0.328 e. The number of carbonyl (C=O) groups excluding carboxylic acids is 1. The summed E-state index contributed by atoms with van der Waals surface area (Å²) in [6, 6.07) is 0. The molecule has 14 heavy (non-hydrogen) atoms. The lowest BCUT2D eigenvalue weighted by molar-refractivity contribution is -0.135. The molecule has 1 rings (SSSR count). The van der Waals surface area contributed by atoms with Gasteiger partial charge in [0.15, 0.2) is 6.29 Å². The van der Waals surface area contributed by atoms with Gasteiger partial charge in [-0.1, -0.05) is 0 Å². The highest BCUT2D eigenvalue weighted by molar-refractivity contribution is 5.71. The number of rotatable bonds is 4. The Bertz CT molecular complexity index is 306. The average molecular weight is 206 g/mol. The van der Waals surface area contributed by atoms with Crippen molar-refractivity contribution >= 4 is 6.29 Å². The van der Waals surface area contributed by atoms with E-state index in [0.717, 1.165) is 0 Å². The van der Waals surface area contributed by atoms with Crippen LogP contribution in [-0.4, -0.2) is 22.0 Å². The van der Waals surface area contributed by atoms with Gasteiger partial charge in [0.05, 0.1) is 12.5 Å². The number of carbonyl (C=O) groups is 1. The number of imidazole rings is 1. The van der Waals surface area contributed by atoms with Crippen molar-refractivity contribution in [3.8, 4) is 0 Å². The lowest BCUT2D eigenvalue weighted by atomic mass is 10.3. The highest BCUT2D eigenvalue weighted by Gasteiger charge is 2.26. The van der Waals surface area contributed by atoms with Crippen molar-refractivity contribution in [3.63, 3.8) is 0 Å². The van der Waals surface area contributed by atoms with Crippen LogP contribution in [0.4, 0.5) is 13.2 Å². The molecular formula is C8H9F3N2O. The quantitative estimate of drug-likeness (QED) is 0.706. The second-order valence-electron chi connectivity index (χ2n) is 2.85. The molecule has 6 heteroatoms. The molecule has 0 aliphatic heterocycles. The highest BCUT2D eigenvalue weighted by atomic mass is 19.4. The van der Waals surface area contributed by atoms with Crippen LogP contribution < -0.4 is 0 Å². The number of hydrogen-bond donors (Lipinski definition) is 0. The Hall–Kier alpha value is -1.33. The van der Waals surface area contributed by atoms with Crippen LogP contribution >= 0.6 is 0 Å². The topological polar surface area (TPSA) is 34.9 Å². The molecule has 1 aromatic rings. The van der Waals surface area contributed by atoms with Gasteiger partial charge in [-0.05, 0) is 6.42 Å². The van der Waals surface area contributed by atoms with E-state index >= 15 is 0 Å². The zero-order valence-corrected chi connectivity index (χ0v) is 7.29. The minimum atomic E-state index is -4.14. The molecule has 0 radical (unpaired) electrons. The molecule has 0 bridgehead atoms. The summed E-state index contributed by atoms with van der Waals surface area (Å²) in [5, 5.41) is 0. The summed E-state index contributed by atoms with van der Waals surface area (Å²) in [6.45, 7) is 0.160. The van der Waals surface area contributed by atoms with Gasteiger partial charge in [0.25, 0.3) is 0 Å². The maximum absolute atomic E-state index is 11.8. The summed E-state index contributed by atoms with van der Waals surface area (Å²) in [6.07, 6.45) is -1.78. The van der Waals surface area contributed by atoms with Gasteiger partial charge < -0.3 is 4.57 Å². The van der Waals surface area contributed by atoms with Crippen molar-refractivity contribution in [2.75, 3.05) is 0 Å². The molecule has 0 amide bonds. The van der Waals surface area contributed by atoms with Crippen molar-refractivity contribution in [1.82, 2.24) is 9.55 Å². The Morgan fingerprint density at radius 1 is 1.50 bits per heavy atom. The number of aryl methyl sites for hydroxylation is 1. The first kappa shape index (κ1) is 10.7. The maximum atomic E-state index is 11.8. The van der Waals surface area contributed by atoms with Crippen LogP contribution in [0.2, 0.25) is 0 Å². The molecule has 0 N–H and O–H groups in total. The molecule has 0 aliphatic carbocycles. The summed E-state index contributed by atoms with van der Waals surface area (Å²) >= 11 is 0. The first-order chi connectivity index (χ1) is 6.53.